The minimum absolute atomic E-state index is 0.143. The predicted octanol–water partition coefficient (Wildman–Crippen LogP) is 3.77. The lowest BCUT2D eigenvalue weighted by Crippen LogP contribution is -2.16. The van der Waals surface area contributed by atoms with Crippen molar-refractivity contribution in [2.45, 2.75) is 31.6 Å². The second-order valence-electron chi connectivity index (χ2n) is 4.60. The first-order valence-corrected chi connectivity index (χ1v) is 8.99. The first-order chi connectivity index (χ1) is 9.97. The van der Waals surface area contributed by atoms with E-state index in [1.807, 2.05) is 32.0 Å². The van der Waals surface area contributed by atoms with E-state index >= 15 is 0 Å². The summed E-state index contributed by atoms with van der Waals surface area (Å²) in [5, 5.41) is 0. The Morgan fingerprint density at radius 1 is 1.14 bits per heavy atom. The Labute approximate surface area is 133 Å². The van der Waals surface area contributed by atoms with Gasteiger partial charge in [-0.2, -0.15) is 0 Å². The molecule has 6 heteroatoms. The second-order valence-corrected chi connectivity index (χ2v) is 7.20. The number of anilines is 1. The number of nitrogens with zero attached hydrogens (tertiary/aromatic N) is 1. The molecule has 2 rings (SSSR count). The van der Waals surface area contributed by atoms with Crippen LogP contribution in [0.1, 0.15) is 25.0 Å². The Kier molecular flexibility index (Phi) is 5.00. The monoisotopic (exact) mass is 368 g/mol. The number of hydrogen-bond donors (Lipinski definition) is 1. The minimum atomic E-state index is -3.64. The van der Waals surface area contributed by atoms with E-state index < -0.39 is 10.0 Å². The van der Waals surface area contributed by atoms with Crippen LogP contribution in [0.4, 0.5) is 5.69 Å². The standard InChI is InChI=1S/C15H17BrN2O2S/c1-3-11-6-5-7-12(4-2)15(11)18-21(19,20)14-8-13(16)9-17-10-14/h5-10,18H,3-4H2,1-2H3. The van der Waals surface area contributed by atoms with Crippen LogP contribution in [0.5, 0.6) is 0 Å². The third-order valence-corrected chi connectivity index (χ3v) is 4.98. The smallest absolute Gasteiger partial charge is 0.263 e. The van der Waals surface area contributed by atoms with Gasteiger partial charge in [0.05, 0.1) is 5.69 Å². The molecule has 0 atom stereocenters. The summed E-state index contributed by atoms with van der Waals surface area (Å²) in [7, 11) is -3.64. The van der Waals surface area contributed by atoms with E-state index in [0.717, 1.165) is 24.0 Å². The summed E-state index contributed by atoms with van der Waals surface area (Å²) in [5.41, 5.74) is 2.66. The number of nitrogens with one attached hydrogen (secondary N) is 1. The van der Waals surface area contributed by atoms with Gasteiger partial charge in [0.25, 0.3) is 10.0 Å². The SMILES string of the molecule is CCc1cccc(CC)c1NS(=O)(=O)c1cncc(Br)c1. The highest BCUT2D eigenvalue weighted by Gasteiger charge is 2.18. The Morgan fingerprint density at radius 3 is 2.29 bits per heavy atom. The van der Waals surface area contributed by atoms with Crippen LogP contribution in [0.3, 0.4) is 0 Å². The van der Waals surface area contributed by atoms with Gasteiger partial charge in [0, 0.05) is 16.9 Å². The number of hydrogen-bond acceptors (Lipinski definition) is 3. The molecule has 0 bridgehead atoms. The quantitative estimate of drug-likeness (QED) is 0.873. The van der Waals surface area contributed by atoms with Gasteiger partial charge in [-0.1, -0.05) is 32.0 Å². The van der Waals surface area contributed by atoms with Crippen molar-refractivity contribution in [3.05, 3.63) is 52.3 Å². The maximum Gasteiger partial charge on any atom is 0.263 e. The molecule has 1 N–H and O–H groups in total. The lowest BCUT2D eigenvalue weighted by molar-refractivity contribution is 0.600. The molecule has 21 heavy (non-hydrogen) atoms. The van der Waals surface area contributed by atoms with Crippen molar-refractivity contribution in [2.24, 2.45) is 0 Å². The molecule has 4 nitrogen and oxygen atoms in total. The van der Waals surface area contributed by atoms with Crippen LogP contribution >= 0.6 is 15.9 Å². The molecule has 1 aromatic heterocycles. The molecule has 0 aliphatic carbocycles. The lowest BCUT2D eigenvalue weighted by atomic mass is 10.0. The number of rotatable bonds is 5. The summed E-state index contributed by atoms with van der Waals surface area (Å²) < 4.78 is 28.4. The highest BCUT2D eigenvalue weighted by atomic mass is 79.9. The topological polar surface area (TPSA) is 59.1 Å². The lowest BCUT2D eigenvalue weighted by Gasteiger charge is -2.15. The fourth-order valence-corrected chi connectivity index (χ4v) is 3.75. The molecule has 1 aromatic carbocycles. The van der Waals surface area contributed by atoms with Gasteiger partial charge < -0.3 is 0 Å². The number of aryl methyl sites for hydroxylation is 2. The molecule has 0 aliphatic heterocycles. The maximum absolute atomic E-state index is 12.5. The summed E-state index contributed by atoms with van der Waals surface area (Å²) in [6, 6.07) is 7.37. The van der Waals surface area contributed by atoms with Crippen molar-refractivity contribution < 1.29 is 8.42 Å². The van der Waals surface area contributed by atoms with E-state index in [0.29, 0.717) is 10.2 Å². The molecule has 0 spiro atoms. The van der Waals surface area contributed by atoms with E-state index in [9.17, 15) is 8.42 Å². The number of aromatic nitrogens is 1. The van der Waals surface area contributed by atoms with Gasteiger partial charge in [0.1, 0.15) is 4.90 Å². The van der Waals surface area contributed by atoms with Gasteiger partial charge in [0.2, 0.25) is 0 Å². The number of halogens is 1. The number of para-hydroxylation sites is 1. The summed E-state index contributed by atoms with van der Waals surface area (Å²) in [6.45, 7) is 4.01. The van der Waals surface area contributed by atoms with Gasteiger partial charge in [-0.3, -0.25) is 9.71 Å². The van der Waals surface area contributed by atoms with Crippen LogP contribution in [-0.2, 0) is 22.9 Å². The van der Waals surface area contributed by atoms with Crippen LogP contribution in [0.2, 0.25) is 0 Å². The molecule has 1 heterocycles. The molecule has 0 aliphatic rings. The summed E-state index contributed by atoms with van der Waals surface area (Å²) in [6.07, 6.45) is 4.43. The molecule has 0 amide bonds. The van der Waals surface area contributed by atoms with Crippen molar-refractivity contribution in [2.75, 3.05) is 4.72 Å². The third kappa shape index (κ3) is 3.63. The van der Waals surface area contributed by atoms with Crippen LogP contribution in [-0.4, -0.2) is 13.4 Å². The van der Waals surface area contributed by atoms with Gasteiger partial charge in [-0.25, -0.2) is 8.42 Å². The third-order valence-electron chi connectivity index (χ3n) is 3.23. The van der Waals surface area contributed by atoms with Gasteiger partial charge in [-0.15, -0.1) is 0 Å². The zero-order chi connectivity index (χ0) is 15.5. The normalized spacial score (nSPS) is 11.4. The Balaban J connectivity index is 2.46. The van der Waals surface area contributed by atoms with Crippen LogP contribution in [0.15, 0.2) is 46.0 Å². The Hall–Kier alpha value is -1.40. The van der Waals surface area contributed by atoms with Crippen molar-refractivity contribution in [3.63, 3.8) is 0 Å². The van der Waals surface area contributed by atoms with E-state index in [1.165, 1.54) is 12.3 Å². The minimum Gasteiger partial charge on any atom is -0.279 e. The highest BCUT2D eigenvalue weighted by Crippen LogP contribution is 2.26. The number of benzene rings is 1. The van der Waals surface area contributed by atoms with Crippen molar-refractivity contribution in [1.29, 1.82) is 0 Å². The van der Waals surface area contributed by atoms with Crippen molar-refractivity contribution >= 4 is 31.6 Å². The molecule has 0 radical (unpaired) electrons. The average Bonchev–Trinajstić information content (AvgIpc) is 2.47. The molecule has 0 fully saturated rings. The molecule has 0 saturated carbocycles. The van der Waals surface area contributed by atoms with E-state index in [2.05, 4.69) is 25.6 Å². The first kappa shape index (κ1) is 16.0. The zero-order valence-electron chi connectivity index (χ0n) is 11.9. The van der Waals surface area contributed by atoms with Crippen molar-refractivity contribution in [1.82, 2.24) is 4.98 Å². The molecular formula is C15H17BrN2O2S. The van der Waals surface area contributed by atoms with Gasteiger partial charge >= 0.3 is 0 Å². The Bertz CT molecular complexity index is 723. The predicted molar refractivity (Wildman–Crippen MR) is 87.9 cm³/mol. The number of pyridine rings is 1. The largest absolute Gasteiger partial charge is 0.279 e. The summed E-state index contributed by atoms with van der Waals surface area (Å²) >= 11 is 3.24. The average molecular weight is 369 g/mol. The second kappa shape index (κ2) is 6.58. The van der Waals surface area contributed by atoms with Gasteiger partial charge in [-0.05, 0) is 46.0 Å². The highest BCUT2D eigenvalue weighted by molar-refractivity contribution is 9.10. The fraction of sp³-hybridized carbons (Fsp3) is 0.267. The summed E-state index contributed by atoms with van der Waals surface area (Å²) in [5.74, 6) is 0. The molecule has 0 unspecified atom stereocenters. The van der Waals surface area contributed by atoms with Crippen LogP contribution in [0.25, 0.3) is 0 Å². The molecule has 0 saturated heterocycles. The molecule has 112 valence electrons. The van der Waals surface area contributed by atoms with Crippen LogP contribution in [0, 0.1) is 0 Å². The molecule has 2 aromatic rings. The fourth-order valence-electron chi connectivity index (χ4n) is 2.11. The van der Waals surface area contributed by atoms with E-state index in [4.69, 9.17) is 0 Å². The van der Waals surface area contributed by atoms with Crippen LogP contribution < -0.4 is 4.72 Å². The number of sulfonamides is 1. The zero-order valence-corrected chi connectivity index (χ0v) is 14.3. The Morgan fingerprint density at radius 2 is 1.76 bits per heavy atom. The van der Waals surface area contributed by atoms with E-state index in [1.54, 1.807) is 6.20 Å². The van der Waals surface area contributed by atoms with E-state index in [-0.39, 0.29) is 4.90 Å². The summed E-state index contributed by atoms with van der Waals surface area (Å²) in [4.78, 5) is 4.05. The van der Waals surface area contributed by atoms with Gasteiger partial charge in [0.15, 0.2) is 0 Å². The first-order valence-electron chi connectivity index (χ1n) is 6.72. The molecular weight excluding hydrogens is 352 g/mol. The maximum atomic E-state index is 12.5. The van der Waals surface area contributed by atoms with Crippen molar-refractivity contribution in [3.8, 4) is 0 Å².